The number of anilines is 1. The van der Waals surface area contributed by atoms with Crippen molar-refractivity contribution in [1.82, 2.24) is 19.4 Å². The molecule has 0 N–H and O–H groups in total. The molecular weight excluding hydrogens is 538 g/mol. The maximum Gasteiger partial charge on any atom is 0.411 e. The summed E-state index contributed by atoms with van der Waals surface area (Å²) < 4.78 is 67.6. The Balaban J connectivity index is 1.27. The fourth-order valence-corrected chi connectivity index (χ4v) is 5.23. The summed E-state index contributed by atoms with van der Waals surface area (Å²) in [7, 11) is 0. The summed E-state index contributed by atoms with van der Waals surface area (Å²) in [5.41, 5.74) is -1.15. The minimum atomic E-state index is -3.22. The predicted molar refractivity (Wildman–Crippen MR) is 133 cm³/mol. The molecule has 1 aromatic carbocycles. The summed E-state index contributed by atoms with van der Waals surface area (Å²) in [4.78, 5) is 46.8. The van der Waals surface area contributed by atoms with Crippen molar-refractivity contribution in [3.63, 3.8) is 0 Å². The number of hydrogen-bond acceptors (Lipinski definition) is 7. The molecule has 2 amide bonds. The molecule has 10 nitrogen and oxygen atoms in total. The average Bonchev–Trinajstić information content (AvgIpc) is 3.40. The molecule has 5 rings (SSSR count). The van der Waals surface area contributed by atoms with Crippen LogP contribution in [0.1, 0.15) is 32.8 Å². The van der Waals surface area contributed by atoms with Gasteiger partial charge >= 0.3 is 11.8 Å². The zero-order chi connectivity index (χ0) is 29.0. The molecular formula is C26H29F4N5O5. The van der Waals surface area contributed by atoms with Crippen LogP contribution in [-0.4, -0.2) is 81.1 Å². The lowest BCUT2D eigenvalue weighted by Gasteiger charge is -2.40. The zero-order valence-corrected chi connectivity index (χ0v) is 22.2. The number of carbonyl (C=O) groups excluding carboxylic acids is 2. The summed E-state index contributed by atoms with van der Waals surface area (Å²) >= 11 is 0. The van der Waals surface area contributed by atoms with Gasteiger partial charge in [0, 0.05) is 32.1 Å². The van der Waals surface area contributed by atoms with Gasteiger partial charge in [-0.25, -0.2) is 27.2 Å². The van der Waals surface area contributed by atoms with Crippen LogP contribution in [0.25, 0.3) is 0 Å². The van der Waals surface area contributed by atoms with E-state index in [1.807, 2.05) is 4.90 Å². The predicted octanol–water partition coefficient (Wildman–Crippen LogP) is 2.78. The van der Waals surface area contributed by atoms with E-state index in [0.717, 1.165) is 17.0 Å². The first-order valence-corrected chi connectivity index (χ1v) is 12.8. The van der Waals surface area contributed by atoms with E-state index >= 15 is 0 Å². The van der Waals surface area contributed by atoms with Gasteiger partial charge in [-0.1, -0.05) is 6.07 Å². The summed E-state index contributed by atoms with van der Waals surface area (Å²) in [6.07, 6.45) is -1.76. The zero-order valence-electron chi connectivity index (χ0n) is 22.2. The highest BCUT2D eigenvalue weighted by Crippen LogP contribution is 2.35. The fourth-order valence-electron chi connectivity index (χ4n) is 5.23. The van der Waals surface area contributed by atoms with E-state index in [0.29, 0.717) is 17.9 Å². The first-order valence-electron chi connectivity index (χ1n) is 12.8. The van der Waals surface area contributed by atoms with Crippen LogP contribution < -0.4 is 15.3 Å². The van der Waals surface area contributed by atoms with Gasteiger partial charge < -0.3 is 19.3 Å². The molecule has 0 bridgehead atoms. The van der Waals surface area contributed by atoms with Crippen molar-refractivity contribution in [2.75, 3.05) is 31.1 Å². The third-order valence-corrected chi connectivity index (χ3v) is 7.00. The number of ether oxygens (including phenoxy) is 2. The highest BCUT2D eigenvalue weighted by molar-refractivity contribution is 5.87. The number of aromatic nitrogens is 2. The highest BCUT2D eigenvalue weighted by Gasteiger charge is 2.52. The largest absolute Gasteiger partial charge is 0.473 e. The van der Waals surface area contributed by atoms with Crippen molar-refractivity contribution in [2.24, 2.45) is 0 Å². The van der Waals surface area contributed by atoms with Crippen LogP contribution in [0.15, 0.2) is 29.1 Å². The van der Waals surface area contributed by atoms with Crippen molar-refractivity contribution < 1.29 is 36.6 Å². The Morgan fingerprint density at radius 3 is 2.55 bits per heavy atom. The number of carbonyl (C=O) groups is 2. The number of fused-ring (bicyclic) bond motifs is 3. The minimum absolute atomic E-state index is 0.00123. The van der Waals surface area contributed by atoms with Crippen LogP contribution in [0.2, 0.25) is 0 Å². The topological polar surface area (TPSA) is 97.2 Å². The summed E-state index contributed by atoms with van der Waals surface area (Å²) in [5.74, 6) is -5.31. The molecule has 40 heavy (non-hydrogen) atoms. The second-order valence-corrected chi connectivity index (χ2v) is 11.2. The first kappa shape index (κ1) is 27.7. The number of likely N-dealkylation sites (tertiary alicyclic amines) is 1. The van der Waals surface area contributed by atoms with Crippen molar-refractivity contribution in [3.8, 4) is 5.88 Å². The van der Waals surface area contributed by atoms with E-state index < -0.39 is 59.9 Å². The van der Waals surface area contributed by atoms with Crippen LogP contribution in [0.4, 0.5) is 28.2 Å². The van der Waals surface area contributed by atoms with E-state index in [4.69, 9.17) is 9.47 Å². The van der Waals surface area contributed by atoms with E-state index in [9.17, 15) is 31.9 Å². The van der Waals surface area contributed by atoms with Crippen molar-refractivity contribution in [1.29, 1.82) is 0 Å². The third kappa shape index (κ3) is 5.56. The summed E-state index contributed by atoms with van der Waals surface area (Å²) in [5, 5.41) is 0. The van der Waals surface area contributed by atoms with Gasteiger partial charge in [0.2, 0.25) is 11.8 Å². The molecule has 1 aromatic heterocycles. The highest BCUT2D eigenvalue weighted by atomic mass is 19.3. The number of alkyl halides is 2. The van der Waals surface area contributed by atoms with E-state index in [1.165, 1.54) is 15.5 Å². The Hall–Kier alpha value is -3.84. The van der Waals surface area contributed by atoms with Crippen molar-refractivity contribution in [2.45, 2.75) is 64.0 Å². The molecule has 0 saturated carbocycles. The molecule has 216 valence electrons. The van der Waals surface area contributed by atoms with Gasteiger partial charge in [0.25, 0.3) is 5.92 Å². The lowest BCUT2D eigenvalue weighted by molar-refractivity contribution is -0.137. The number of benzene rings is 1. The molecule has 2 fully saturated rings. The second kappa shape index (κ2) is 9.97. The van der Waals surface area contributed by atoms with E-state index in [-0.39, 0.29) is 38.2 Å². The first-order chi connectivity index (χ1) is 18.7. The monoisotopic (exact) mass is 567 g/mol. The van der Waals surface area contributed by atoms with Crippen molar-refractivity contribution in [3.05, 3.63) is 51.9 Å². The molecule has 3 aliphatic heterocycles. The SMILES string of the molecule is CC(C)(C)OC(=O)N1CC(F)(F)C[C@H]1C(=O)N1CCN2c3cc(OCc4ccc(F)c(F)c4)nc(=O)n3C[C@@H]2C1. The normalized spacial score (nSPS) is 21.7. The molecule has 0 radical (unpaired) electrons. The van der Waals surface area contributed by atoms with Gasteiger partial charge in [-0.05, 0) is 38.5 Å². The minimum Gasteiger partial charge on any atom is -0.473 e. The van der Waals surface area contributed by atoms with Crippen LogP contribution in [0, 0.1) is 11.6 Å². The number of halogens is 4. The maximum absolute atomic E-state index is 14.3. The van der Waals surface area contributed by atoms with Crippen molar-refractivity contribution >= 4 is 17.8 Å². The third-order valence-electron chi connectivity index (χ3n) is 7.00. The molecule has 2 aromatic rings. The molecule has 3 aliphatic rings. The summed E-state index contributed by atoms with van der Waals surface area (Å²) in [6, 6.07) is 3.19. The standard InChI is InChI=1S/C26H29F4N5O5/c1-25(2,3)40-24(38)35-14-26(29,30)10-19(35)22(36)32-6-7-33-16(11-32)12-34-21(33)9-20(31-23(34)37)39-13-15-4-5-17(27)18(28)8-15/h4-5,8-9,16,19H,6-7,10-14H2,1-3H3/t16-,19-/m0/s1. The molecule has 0 spiro atoms. The molecule has 2 saturated heterocycles. The van der Waals surface area contributed by atoms with Gasteiger partial charge in [-0.3, -0.25) is 14.3 Å². The van der Waals surface area contributed by atoms with Gasteiger partial charge in [0.15, 0.2) is 11.6 Å². The molecule has 0 unspecified atom stereocenters. The van der Waals surface area contributed by atoms with Gasteiger partial charge in [0.1, 0.15) is 24.1 Å². The second-order valence-electron chi connectivity index (χ2n) is 11.2. The number of amides is 2. The van der Waals surface area contributed by atoms with E-state index in [2.05, 4.69) is 4.98 Å². The lowest BCUT2D eigenvalue weighted by atomic mass is 10.1. The number of piperazine rings is 1. The lowest BCUT2D eigenvalue weighted by Crippen LogP contribution is -2.57. The van der Waals surface area contributed by atoms with Crippen LogP contribution in [-0.2, 0) is 22.7 Å². The van der Waals surface area contributed by atoms with Gasteiger partial charge in [-0.2, -0.15) is 4.98 Å². The van der Waals surface area contributed by atoms with E-state index in [1.54, 1.807) is 26.8 Å². The Kier molecular flexibility index (Phi) is 6.91. The average molecular weight is 568 g/mol. The molecule has 4 heterocycles. The Morgan fingerprint density at radius 1 is 1.10 bits per heavy atom. The Morgan fingerprint density at radius 2 is 1.85 bits per heavy atom. The molecule has 14 heteroatoms. The summed E-state index contributed by atoms with van der Waals surface area (Å²) in [6.45, 7) is 4.65. The number of rotatable bonds is 4. The smallest absolute Gasteiger partial charge is 0.411 e. The number of nitrogens with zero attached hydrogens (tertiary/aromatic N) is 5. The number of hydrogen-bond donors (Lipinski definition) is 0. The molecule has 0 aliphatic carbocycles. The quantitative estimate of drug-likeness (QED) is 0.525. The van der Waals surface area contributed by atoms with Crippen LogP contribution in [0.3, 0.4) is 0 Å². The Labute approximate surface area is 227 Å². The van der Waals surface area contributed by atoms with Gasteiger partial charge in [0.05, 0.1) is 19.1 Å². The Bertz CT molecular complexity index is 1390. The van der Waals surface area contributed by atoms with Crippen LogP contribution >= 0.6 is 0 Å². The van der Waals surface area contributed by atoms with Gasteiger partial charge in [-0.15, -0.1) is 0 Å². The maximum atomic E-state index is 14.3. The molecule has 2 atom stereocenters. The van der Waals surface area contributed by atoms with Crippen LogP contribution in [0.5, 0.6) is 5.88 Å². The fraction of sp³-hybridized carbons (Fsp3) is 0.538.